The first kappa shape index (κ1) is 12.6. The van der Waals surface area contributed by atoms with Crippen LogP contribution in [0.25, 0.3) is 0 Å². The highest BCUT2D eigenvalue weighted by Crippen LogP contribution is 2.27. The third kappa shape index (κ3) is 2.88. The van der Waals surface area contributed by atoms with Gasteiger partial charge in [0.25, 0.3) is 0 Å². The average molecular weight is 291 g/mol. The number of thioether (sulfide) groups is 1. The summed E-state index contributed by atoms with van der Waals surface area (Å²) < 4.78 is 2.33. The van der Waals surface area contributed by atoms with Crippen molar-refractivity contribution in [2.24, 2.45) is 0 Å². The first-order valence-electron chi connectivity index (χ1n) is 4.89. The van der Waals surface area contributed by atoms with Gasteiger partial charge in [0.1, 0.15) is 5.01 Å². The Morgan fingerprint density at radius 3 is 2.71 bits per heavy atom. The minimum atomic E-state index is 0.227. The molecule has 2 aromatic rings. The van der Waals surface area contributed by atoms with Crippen LogP contribution in [0.1, 0.15) is 24.9 Å². The number of aromatic nitrogens is 5. The molecule has 2 N–H and O–H groups in total. The lowest BCUT2D eigenvalue weighted by atomic mass is 10.4. The summed E-state index contributed by atoms with van der Waals surface area (Å²) in [6, 6.07) is 0.227. The van der Waals surface area contributed by atoms with Gasteiger partial charge in [-0.25, -0.2) is 0 Å². The molecule has 0 saturated heterocycles. The molecule has 2 heterocycles. The van der Waals surface area contributed by atoms with Gasteiger partial charge in [-0.2, -0.15) is 0 Å². The summed E-state index contributed by atoms with van der Waals surface area (Å²) in [5.74, 6) is 1.09. The highest BCUT2D eigenvalue weighted by molar-refractivity contribution is 7.98. The van der Waals surface area contributed by atoms with E-state index in [2.05, 4.69) is 20.4 Å². The molecule has 17 heavy (non-hydrogen) atoms. The van der Waals surface area contributed by atoms with Crippen LogP contribution in [0.5, 0.6) is 0 Å². The molecule has 2 aromatic heterocycles. The molecule has 0 aliphatic rings. The molecule has 0 unspecified atom stereocenters. The van der Waals surface area contributed by atoms with Crippen molar-refractivity contribution in [2.75, 3.05) is 5.73 Å². The summed E-state index contributed by atoms with van der Waals surface area (Å²) in [5.41, 5.74) is 5.74. The predicted molar refractivity (Wildman–Crippen MR) is 69.3 cm³/mol. The maximum Gasteiger partial charge on any atom is 0.222 e. The van der Waals surface area contributed by atoms with Crippen LogP contribution in [0, 0.1) is 0 Å². The lowest BCUT2D eigenvalue weighted by Crippen LogP contribution is -2.06. The van der Waals surface area contributed by atoms with Crippen molar-refractivity contribution < 1.29 is 0 Å². The summed E-state index contributed by atoms with van der Waals surface area (Å²) >= 11 is 8.59. The third-order valence-corrected chi connectivity index (χ3v) is 4.13. The number of rotatable bonds is 4. The lowest BCUT2D eigenvalue weighted by Gasteiger charge is -2.10. The SMILES string of the molecule is CC(C)n1c(N)nnc1SCc1nnc(Cl)s1. The van der Waals surface area contributed by atoms with Crippen molar-refractivity contribution in [1.29, 1.82) is 0 Å². The van der Waals surface area contributed by atoms with Crippen LogP contribution >= 0.6 is 34.7 Å². The number of nitrogens with zero attached hydrogens (tertiary/aromatic N) is 5. The molecule has 0 atom stereocenters. The fraction of sp³-hybridized carbons (Fsp3) is 0.500. The number of hydrogen-bond donors (Lipinski definition) is 1. The van der Waals surface area contributed by atoms with Gasteiger partial charge in [-0.05, 0) is 25.4 Å². The van der Waals surface area contributed by atoms with Crippen molar-refractivity contribution in [3.05, 3.63) is 9.47 Å². The van der Waals surface area contributed by atoms with Crippen molar-refractivity contribution in [2.45, 2.75) is 30.8 Å². The summed E-state index contributed by atoms with van der Waals surface area (Å²) in [4.78, 5) is 0. The maximum absolute atomic E-state index is 5.74. The van der Waals surface area contributed by atoms with Gasteiger partial charge in [-0.3, -0.25) is 4.57 Å². The molecule has 0 fully saturated rings. The minimum Gasteiger partial charge on any atom is -0.368 e. The Labute approximate surface area is 112 Å². The Morgan fingerprint density at radius 1 is 1.35 bits per heavy atom. The fourth-order valence-corrected chi connectivity index (χ4v) is 3.22. The van der Waals surface area contributed by atoms with E-state index in [0.29, 0.717) is 16.2 Å². The van der Waals surface area contributed by atoms with Crippen molar-refractivity contribution in [1.82, 2.24) is 25.0 Å². The quantitative estimate of drug-likeness (QED) is 0.870. The second-order valence-electron chi connectivity index (χ2n) is 3.54. The van der Waals surface area contributed by atoms with E-state index >= 15 is 0 Å². The van der Waals surface area contributed by atoms with Gasteiger partial charge in [0.05, 0.1) is 5.75 Å². The lowest BCUT2D eigenvalue weighted by molar-refractivity contribution is 0.557. The first-order chi connectivity index (χ1) is 8.08. The van der Waals surface area contributed by atoms with Gasteiger partial charge in [-0.15, -0.1) is 20.4 Å². The van der Waals surface area contributed by atoms with Gasteiger partial charge in [0.15, 0.2) is 5.16 Å². The number of nitrogens with two attached hydrogens (primary N) is 1. The van der Waals surface area contributed by atoms with Crippen LogP contribution in [-0.2, 0) is 5.75 Å². The molecule has 2 rings (SSSR count). The molecule has 92 valence electrons. The highest BCUT2D eigenvalue weighted by atomic mass is 35.5. The number of nitrogen functional groups attached to an aromatic ring is 1. The standard InChI is InChI=1S/C8H11ClN6S2/c1-4(2)15-7(10)13-14-8(15)16-3-5-11-12-6(9)17-5/h4H,3H2,1-2H3,(H2,10,13). The Kier molecular flexibility index (Phi) is 3.85. The zero-order chi connectivity index (χ0) is 12.4. The molecule has 6 nitrogen and oxygen atoms in total. The van der Waals surface area contributed by atoms with Gasteiger partial charge in [0.2, 0.25) is 10.4 Å². The van der Waals surface area contributed by atoms with E-state index in [4.69, 9.17) is 17.3 Å². The Bertz CT molecular complexity index is 508. The van der Waals surface area contributed by atoms with Crippen molar-refractivity contribution in [3.63, 3.8) is 0 Å². The zero-order valence-electron chi connectivity index (χ0n) is 9.29. The van der Waals surface area contributed by atoms with Gasteiger partial charge in [-0.1, -0.05) is 23.1 Å². The van der Waals surface area contributed by atoms with Crippen molar-refractivity contribution >= 4 is 40.6 Å². The third-order valence-electron chi connectivity index (χ3n) is 1.97. The Balaban J connectivity index is 2.09. The van der Waals surface area contributed by atoms with E-state index in [1.807, 2.05) is 18.4 Å². The molecule has 0 saturated carbocycles. The number of hydrogen-bond acceptors (Lipinski definition) is 7. The molecule has 0 radical (unpaired) electrons. The number of halogens is 1. The molecule has 0 aliphatic carbocycles. The summed E-state index contributed by atoms with van der Waals surface area (Å²) in [7, 11) is 0. The average Bonchev–Trinajstić information content (AvgIpc) is 2.82. The first-order valence-corrected chi connectivity index (χ1v) is 7.07. The zero-order valence-corrected chi connectivity index (χ0v) is 11.7. The van der Waals surface area contributed by atoms with Gasteiger partial charge < -0.3 is 5.73 Å². The largest absolute Gasteiger partial charge is 0.368 e. The highest BCUT2D eigenvalue weighted by Gasteiger charge is 2.13. The minimum absolute atomic E-state index is 0.227. The van der Waals surface area contributed by atoms with E-state index in [-0.39, 0.29) is 6.04 Å². The summed E-state index contributed by atoms with van der Waals surface area (Å²) in [5, 5.41) is 17.2. The normalized spacial score (nSPS) is 11.3. The fourth-order valence-electron chi connectivity index (χ4n) is 1.29. The molecule has 0 aromatic carbocycles. The molecule has 0 bridgehead atoms. The van der Waals surface area contributed by atoms with Crippen LogP contribution in [0.4, 0.5) is 5.95 Å². The molecule has 0 spiro atoms. The van der Waals surface area contributed by atoms with E-state index in [9.17, 15) is 0 Å². The smallest absolute Gasteiger partial charge is 0.222 e. The summed E-state index contributed by atoms with van der Waals surface area (Å²) in [6.07, 6.45) is 0. The van der Waals surface area contributed by atoms with E-state index in [1.165, 1.54) is 23.1 Å². The van der Waals surface area contributed by atoms with E-state index < -0.39 is 0 Å². The van der Waals surface area contributed by atoms with Crippen LogP contribution < -0.4 is 5.73 Å². The number of anilines is 1. The monoisotopic (exact) mass is 290 g/mol. The Hall–Kier alpha value is -0.860. The van der Waals surface area contributed by atoms with Crippen LogP contribution in [0.15, 0.2) is 5.16 Å². The van der Waals surface area contributed by atoms with E-state index in [1.54, 1.807) is 0 Å². The Morgan fingerprint density at radius 2 is 2.12 bits per heavy atom. The second kappa shape index (κ2) is 5.19. The van der Waals surface area contributed by atoms with Gasteiger partial charge in [0, 0.05) is 6.04 Å². The van der Waals surface area contributed by atoms with E-state index in [0.717, 1.165) is 10.2 Å². The molecular weight excluding hydrogens is 280 g/mol. The van der Waals surface area contributed by atoms with Crippen molar-refractivity contribution in [3.8, 4) is 0 Å². The molecule has 0 amide bonds. The molecular formula is C8H11ClN6S2. The van der Waals surface area contributed by atoms with Gasteiger partial charge >= 0.3 is 0 Å². The van der Waals surface area contributed by atoms with Crippen LogP contribution in [0.2, 0.25) is 4.47 Å². The molecule has 9 heteroatoms. The predicted octanol–water partition coefficient (Wildman–Crippen LogP) is 2.24. The second-order valence-corrected chi connectivity index (χ2v) is 6.13. The topological polar surface area (TPSA) is 82.5 Å². The summed E-state index contributed by atoms with van der Waals surface area (Å²) in [6.45, 7) is 4.07. The maximum atomic E-state index is 5.74. The molecule has 0 aliphatic heterocycles. The van der Waals surface area contributed by atoms with Crippen LogP contribution in [0.3, 0.4) is 0 Å². The van der Waals surface area contributed by atoms with Crippen LogP contribution in [-0.4, -0.2) is 25.0 Å².